The number of carbonyl (C=O) groups excluding carboxylic acids is 1. The van der Waals surface area contributed by atoms with Crippen molar-refractivity contribution in [1.29, 1.82) is 0 Å². The van der Waals surface area contributed by atoms with Crippen LogP contribution in [-0.2, 0) is 4.79 Å². The molecule has 0 spiro atoms. The van der Waals surface area contributed by atoms with Crippen LogP contribution in [0.2, 0.25) is 0 Å². The number of likely N-dealkylation sites (tertiary alicyclic amines) is 1. The summed E-state index contributed by atoms with van der Waals surface area (Å²) in [5.41, 5.74) is 0. The van der Waals surface area contributed by atoms with Gasteiger partial charge in [-0.05, 0) is 51.6 Å². The van der Waals surface area contributed by atoms with E-state index in [-0.39, 0.29) is 12.4 Å². The molecule has 1 amide bonds. The number of piperidine rings is 1. The van der Waals surface area contributed by atoms with E-state index in [0.29, 0.717) is 17.9 Å². The second-order valence-corrected chi connectivity index (χ2v) is 5.68. The Morgan fingerprint density at radius 1 is 1.17 bits per heavy atom. The Balaban J connectivity index is 0.00000162. The van der Waals surface area contributed by atoms with E-state index < -0.39 is 0 Å². The normalized spacial score (nSPS) is 26.3. The summed E-state index contributed by atoms with van der Waals surface area (Å²) in [6.45, 7) is 5.39. The van der Waals surface area contributed by atoms with Gasteiger partial charge in [0.15, 0.2) is 0 Å². The zero-order chi connectivity index (χ0) is 12.1. The van der Waals surface area contributed by atoms with Crippen LogP contribution in [0.4, 0.5) is 0 Å². The fourth-order valence-electron chi connectivity index (χ4n) is 3.10. The summed E-state index contributed by atoms with van der Waals surface area (Å²) in [6.07, 6.45) is 8.11. The van der Waals surface area contributed by atoms with Crippen LogP contribution in [0.5, 0.6) is 0 Å². The minimum atomic E-state index is 0. The molecule has 2 rings (SSSR count). The lowest BCUT2D eigenvalue weighted by molar-refractivity contribution is -0.134. The van der Waals surface area contributed by atoms with Gasteiger partial charge in [0.2, 0.25) is 5.91 Å². The third-order valence-corrected chi connectivity index (χ3v) is 4.30. The first-order chi connectivity index (χ1) is 8.27. The highest BCUT2D eigenvalue weighted by Crippen LogP contribution is 2.21. The molecule has 0 aromatic heterocycles. The minimum Gasteiger partial charge on any atom is -0.340 e. The van der Waals surface area contributed by atoms with Gasteiger partial charge in [0.05, 0.1) is 0 Å². The predicted molar refractivity (Wildman–Crippen MR) is 77.1 cm³/mol. The molecule has 2 saturated heterocycles. The number of halogens is 1. The van der Waals surface area contributed by atoms with Gasteiger partial charge < -0.3 is 10.2 Å². The molecule has 1 atom stereocenters. The smallest absolute Gasteiger partial charge is 0.223 e. The largest absolute Gasteiger partial charge is 0.340 e. The summed E-state index contributed by atoms with van der Waals surface area (Å²) in [4.78, 5) is 14.5. The van der Waals surface area contributed by atoms with Crippen LogP contribution in [0.25, 0.3) is 0 Å². The Kier molecular flexibility index (Phi) is 7.02. The second kappa shape index (κ2) is 8.00. The predicted octanol–water partition coefficient (Wildman–Crippen LogP) is 2.59. The van der Waals surface area contributed by atoms with Crippen molar-refractivity contribution in [3.05, 3.63) is 0 Å². The number of carbonyl (C=O) groups is 1. The van der Waals surface area contributed by atoms with Crippen molar-refractivity contribution in [3.63, 3.8) is 0 Å². The van der Waals surface area contributed by atoms with Crippen molar-refractivity contribution in [2.75, 3.05) is 19.6 Å². The van der Waals surface area contributed by atoms with E-state index in [1.807, 2.05) is 0 Å². The number of hydrogen-bond donors (Lipinski definition) is 1. The van der Waals surface area contributed by atoms with Gasteiger partial charge >= 0.3 is 0 Å². The van der Waals surface area contributed by atoms with Crippen LogP contribution >= 0.6 is 12.4 Å². The maximum absolute atomic E-state index is 12.3. The topological polar surface area (TPSA) is 32.3 Å². The van der Waals surface area contributed by atoms with E-state index in [0.717, 1.165) is 26.1 Å². The lowest BCUT2D eigenvalue weighted by atomic mass is 9.94. The highest BCUT2D eigenvalue weighted by atomic mass is 35.5. The third-order valence-electron chi connectivity index (χ3n) is 4.30. The lowest BCUT2D eigenvalue weighted by Gasteiger charge is -2.30. The van der Waals surface area contributed by atoms with E-state index in [9.17, 15) is 4.79 Å². The molecule has 0 saturated carbocycles. The molecule has 2 fully saturated rings. The average Bonchev–Trinajstić information content (AvgIpc) is 2.55. The molecule has 2 heterocycles. The summed E-state index contributed by atoms with van der Waals surface area (Å²) >= 11 is 0. The molecule has 4 heteroatoms. The van der Waals surface area contributed by atoms with Gasteiger partial charge in [-0.1, -0.05) is 12.8 Å². The Labute approximate surface area is 117 Å². The lowest BCUT2D eigenvalue weighted by Crippen LogP contribution is -2.40. The van der Waals surface area contributed by atoms with E-state index in [4.69, 9.17) is 0 Å². The van der Waals surface area contributed by atoms with Gasteiger partial charge in [0, 0.05) is 19.0 Å². The molecule has 0 aliphatic carbocycles. The maximum Gasteiger partial charge on any atom is 0.223 e. The second-order valence-electron chi connectivity index (χ2n) is 5.68. The fraction of sp³-hybridized carbons (Fsp3) is 0.929. The highest BCUT2D eigenvalue weighted by Gasteiger charge is 2.25. The number of rotatable bonds is 2. The number of nitrogens with one attached hydrogen (secondary N) is 1. The molecule has 3 nitrogen and oxygen atoms in total. The molecule has 18 heavy (non-hydrogen) atoms. The Hall–Kier alpha value is -0.280. The standard InChI is InChI=1S/C14H26N2O.ClH/c1-12-5-3-2-4-10-16(12)14(17)11-13-6-8-15-9-7-13;/h12-13,15H,2-11H2,1H3;1H. The van der Waals surface area contributed by atoms with Gasteiger partial charge in [0.25, 0.3) is 0 Å². The van der Waals surface area contributed by atoms with Crippen LogP contribution in [-0.4, -0.2) is 36.5 Å². The van der Waals surface area contributed by atoms with Gasteiger partial charge in [0.1, 0.15) is 0 Å². The van der Waals surface area contributed by atoms with Crippen LogP contribution in [0.1, 0.15) is 51.9 Å². The fourth-order valence-corrected chi connectivity index (χ4v) is 3.10. The van der Waals surface area contributed by atoms with Crippen LogP contribution < -0.4 is 5.32 Å². The summed E-state index contributed by atoms with van der Waals surface area (Å²) in [5.74, 6) is 1.03. The number of nitrogens with zero attached hydrogens (tertiary/aromatic N) is 1. The molecule has 0 radical (unpaired) electrons. The van der Waals surface area contributed by atoms with Gasteiger partial charge in [-0.15, -0.1) is 12.4 Å². The quantitative estimate of drug-likeness (QED) is 0.839. The van der Waals surface area contributed by atoms with Crippen molar-refractivity contribution < 1.29 is 4.79 Å². The minimum absolute atomic E-state index is 0. The molecule has 2 aliphatic rings. The zero-order valence-electron chi connectivity index (χ0n) is 11.5. The summed E-state index contributed by atoms with van der Waals surface area (Å²) in [6, 6.07) is 0.465. The summed E-state index contributed by atoms with van der Waals surface area (Å²) in [7, 11) is 0. The molecule has 2 aliphatic heterocycles. The first kappa shape index (κ1) is 15.8. The first-order valence-corrected chi connectivity index (χ1v) is 7.27. The molecular formula is C14H27ClN2O. The van der Waals surface area contributed by atoms with Crippen LogP contribution in [0.3, 0.4) is 0 Å². The number of hydrogen-bond acceptors (Lipinski definition) is 2. The number of amides is 1. The van der Waals surface area contributed by atoms with E-state index >= 15 is 0 Å². The van der Waals surface area contributed by atoms with Crippen LogP contribution in [0, 0.1) is 5.92 Å². The summed E-state index contributed by atoms with van der Waals surface area (Å²) in [5, 5.41) is 3.36. The van der Waals surface area contributed by atoms with Crippen molar-refractivity contribution in [2.45, 2.75) is 57.9 Å². The molecule has 106 valence electrons. The van der Waals surface area contributed by atoms with Crippen LogP contribution in [0.15, 0.2) is 0 Å². The van der Waals surface area contributed by atoms with Crippen molar-refractivity contribution in [2.24, 2.45) is 5.92 Å². The zero-order valence-corrected chi connectivity index (χ0v) is 12.3. The Bertz CT molecular complexity index is 254. The molecule has 0 aromatic rings. The molecule has 0 aromatic carbocycles. The molecule has 1 N–H and O–H groups in total. The molecule has 1 unspecified atom stereocenters. The highest BCUT2D eigenvalue weighted by molar-refractivity contribution is 5.85. The average molecular weight is 275 g/mol. The van der Waals surface area contributed by atoms with Crippen molar-refractivity contribution in [1.82, 2.24) is 10.2 Å². The van der Waals surface area contributed by atoms with Crippen molar-refractivity contribution >= 4 is 18.3 Å². The van der Waals surface area contributed by atoms with Crippen molar-refractivity contribution in [3.8, 4) is 0 Å². The van der Waals surface area contributed by atoms with E-state index in [1.165, 1.54) is 38.5 Å². The summed E-state index contributed by atoms with van der Waals surface area (Å²) < 4.78 is 0. The maximum atomic E-state index is 12.3. The third kappa shape index (κ3) is 4.43. The Morgan fingerprint density at radius 2 is 1.89 bits per heavy atom. The SMILES string of the molecule is CC1CCCCCN1C(=O)CC1CCNCC1.Cl. The van der Waals surface area contributed by atoms with E-state index in [1.54, 1.807) is 0 Å². The Morgan fingerprint density at radius 3 is 2.61 bits per heavy atom. The van der Waals surface area contributed by atoms with E-state index in [2.05, 4.69) is 17.1 Å². The van der Waals surface area contributed by atoms with Gasteiger partial charge in [-0.25, -0.2) is 0 Å². The monoisotopic (exact) mass is 274 g/mol. The van der Waals surface area contributed by atoms with Gasteiger partial charge in [-0.3, -0.25) is 4.79 Å². The first-order valence-electron chi connectivity index (χ1n) is 7.27. The molecular weight excluding hydrogens is 248 g/mol. The molecule has 0 bridgehead atoms. The van der Waals surface area contributed by atoms with Gasteiger partial charge in [-0.2, -0.15) is 0 Å².